The maximum absolute atomic E-state index is 12.8. The third kappa shape index (κ3) is 2.72. The number of benzene rings is 2. The van der Waals surface area contributed by atoms with Gasteiger partial charge in [-0.05, 0) is 43.3 Å². The average Bonchev–Trinajstić information content (AvgIpc) is 3.03. The fraction of sp³-hybridized carbons (Fsp3) is 0.111. The van der Waals surface area contributed by atoms with Crippen LogP contribution in [0.15, 0.2) is 53.3 Å². The van der Waals surface area contributed by atoms with Gasteiger partial charge in [-0.25, -0.2) is 0 Å². The monoisotopic (exact) mass is 367 g/mol. The van der Waals surface area contributed by atoms with Crippen molar-refractivity contribution in [2.45, 2.75) is 13.5 Å². The highest BCUT2D eigenvalue weighted by Crippen LogP contribution is 2.16. The van der Waals surface area contributed by atoms with Gasteiger partial charge in [0.15, 0.2) is 0 Å². The number of rotatable bonds is 3. The van der Waals surface area contributed by atoms with Crippen molar-refractivity contribution in [1.82, 2.24) is 19.2 Å². The minimum atomic E-state index is -0.365. The number of aryl methyl sites for hydroxylation is 1. The summed E-state index contributed by atoms with van der Waals surface area (Å²) >= 11 is 5.85. The van der Waals surface area contributed by atoms with Crippen molar-refractivity contribution in [3.63, 3.8) is 0 Å². The molecule has 26 heavy (non-hydrogen) atoms. The predicted octanol–water partition coefficient (Wildman–Crippen LogP) is 2.64. The highest BCUT2D eigenvalue weighted by atomic mass is 35.5. The fourth-order valence-electron chi connectivity index (χ4n) is 2.94. The van der Waals surface area contributed by atoms with Crippen LogP contribution in [-0.4, -0.2) is 25.1 Å². The van der Waals surface area contributed by atoms with Gasteiger partial charge in [0.05, 0.1) is 11.0 Å². The molecule has 0 bridgehead atoms. The number of aromatic nitrogens is 4. The molecule has 1 N–H and O–H groups in total. The number of nitrogens with one attached hydrogen (secondary N) is 1. The Balaban J connectivity index is 1.78. The third-order valence-corrected chi connectivity index (χ3v) is 4.36. The normalized spacial score (nSPS) is 11.2. The van der Waals surface area contributed by atoms with Crippen molar-refractivity contribution in [3.05, 3.63) is 69.7 Å². The van der Waals surface area contributed by atoms with Crippen LogP contribution in [0.1, 0.15) is 5.82 Å². The number of hydrogen-bond acceptors (Lipinski definition) is 4. The maximum Gasteiger partial charge on any atom is 0.297 e. The molecule has 0 saturated carbocycles. The van der Waals surface area contributed by atoms with Gasteiger partial charge in [0.2, 0.25) is 11.6 Å². The molecule has 0 aliphatic carbocycles. The molecular formula is C18H14ClN5O2. The third-order valence-electron chi connectivity index (χ3n) is 4.10. The molecule has 7 nitrogen and oxygen atoms in total. The van der Waals surface area contributed by atoms with Crippen LogP contribution >= 0.6 is 11.6 Å². The van der Waals surface area contributed by atoms with Crippen LogP contribution in [0.4, 0.5) is 5.69 Å². The zero-order valence-corrected chi connectivity index (χ0v) is 14.6. The Hall–Kier alpha value is -3.19. The van der Waals surface area contributed by atoms with Crippen LogP contribution in [0, 0.1) is 6.92 Å². The molecule has 0 saturated heterocycles. The zero-order chi connectivity index (χ0) is 18.3. The van der Waals surface area contributed by atoms with E-state index in [0.29, 0.717) is 22.1 Å². The van der Waals surface area contributed by atoms with E-state index in [4.69, 9.17) is 11.6 Å². The number of fused-ring (bicyclic) bond motifs is 3. The van der Waals surface area contributed by atoms with Crippen LogP contribution in [0.2, 0.25) is 5.02 Å². The van der Waals surface area contributed by atoms with E-state index in [0.717, 1.165) is 5.52 Å². The summed E-state index contributed by atoms with van der Waals surface area (Å²) in [6, 6.07) is 14.1. The quantitative estimate of drug-likeness (QED) is 0.603. The summed E-state index contributed by atoms with van der Waals surface area (Å²) in [5, 5.41) is 11.3. The fourth-order valence-corrected chi connectivity index (χ4v) is 3.06. The largest absolute Gasteiger partial charge is 0.325 e. The molecule has 4 rings (SSSR count). The molecule has 0 aliphatic rings. The Bertz CT molecular complexity index is 1190. The average molecular weight is 368 g/mol. The molecule has 2 aromatic heterocycles. The number of carbonyl (C=O) groups is 1. The molecule has 0 fully saturated rings. The van der Waals surface area contributed by atoms with Gasteiger partial charge in [0.25, 0.3) is 5.56 Å². The Morgan fingerprint density at radius 1 is 1.08 bits per heavy atom. The Labute approximate surface area is 152 Å². The molecule has 8 heteroatoms. The minimum Gasteiger partial charge on any atom is -0.325 e. The van der Waals surface area contributed by atoms with Crippen molar-refractivity contribution < 1.29 is 4.79 Å². The molecule has 0 unspecified atom stereocenters. The van der Waals surface area contributed by atoms with Crippen LogP contribution < -0.4 is 10.9 Å². The number of carbonyl (C=O) groups excluding carboxylic acids is 1. The molecule has 130 valence electrons. The van der Waals surface area contributed by atoms with Crippen LogP contribution in [0.25, 0.3) is 16.7 Å². The van der Waals surface area contributed by atoms with Crippen molar-refractivity contribution in [2.75, 3.05) is 5.32 Å². The van der Waals surface area contributed by atoms with Gasteiger partial charge in [-0.3, -0.25) is 18.6 Å². The zero-order valence-electron chi connectivity index (χ0n) is 13.8. The summed E-state index contributed by atoms with van der Waals surface area (Å²) in [6.45, 7) is 1.65. The van der Waals surface area contributed by atoms with E-state index >= 15 is 0 Å². The van der Waals surface area contributed by atoms with E-state index < -0.39 is 0 Å². The number of nitrogens with zero attached hydrogens (tertiary/aromatic N) is 4. The SMILES string of the molecule is Cc1nnc2c(=O)n(CC(=O)Nc3ccc(Cl)cc3)c3ccccc3n12. The van der Waals surface area contributed by atoms with Gasteiger partial charge in [0, 0.05) is 10.7 Å². The molecule has 2 aromatic carbocycles. The van der Waals surface area contributed by atoms with E-state index in [1.165, 1.54) is 4.57 Å². The predicted molar refractivity (Wildman–Crippen MR) is 99.6 cm³/mol. The summed E-state index contributed by atoms with van der Waals surface area (Å²) in [6.07, 6.45) is 0. The number of amides is 1. The Morgan fingerprint density at radius 3 is 2.50 bits per heavy atom. The molecule has 0 aliphatic heterocycles. The molecule has 0 spiro atoms. The second kappa shape index (κ2) is 6.27. The van der Waals surface area contributed by atoms with E-state index in [9.17, 15) is 9.59 Å². The first-order valence-electron chi connectivity index (χ1n) is 7.93. The van der Waals surface area contributed by atoms with Crippen molar-refractivity contribution in [3.8, 4) is 0 Å². The molecule has 4 aromatic rings. The lowest BCUT2D eigenvalue weighted by molar-refractivity contribution is -0.116. The minimum absolute atomic E-state index is 0.135. The van der Waals surface area contributed by atoms with Crippen LogP contribution in [0.3, 0.4) is 0 Å². The molecule has 1 amide bonds. The molecule has 2 heterocycles. The van der Waals surface area contributed by atoms with E-state index in [2.05, 4.69) is 15.5 Å². The summed E-state index contributed by atoms with van der Waals surface area (Å²) < 4.78 is 3.11. The van der Waals surface area contributed by atoms with Crippen LogP contribution in [0.5, 0.6) is 0 Å². The summed E-state index contributed by atoms with van der Waals surface area (Å²) in [5.74, 6) is 0.297. The lowest BCUT2D eigenvalue weighted by atomic mass is 10.2. The topological polar surface area (TPSA) is 81.3 Å². The van der Waals surface area contributed by atoms with Crippen molar-refractivity contribution in [2.24, 2.45) is 0 Å². The maximum atomic E-state index is 12.8. The van der Waals surface area contributed by atoms with Gasteiger partial charge < -0.3 is 5.32 Å². The van der Waals surface area contributed by atoms with Crippen LogP contribution in [-0.2, 0) is 11.3 Å². The van der Waals surface area contributed by atoms with Crippen molar-refractivity contribution >= 4 is 39.9 Å². The summed E-state index contributed by atoms with van der Waals surface area (Å²) in [7, 11) is 0. The highest BCUT2D eigenvalue weighted by Gasteiger charge is 2.16. The molecular weight excluding hydrogens is 354 g/mol. The van der Waals surface area contributed by atoms with Crippen molar-refractivity contribution in [1.29, 1.82) is 0 Å². The van der Waals surface area contributed by atoms with E-state index in [1.54, 1.807) is 41.7 Å². The standard InChI is InChI=1S/C18H14ClN5O2/c1-11-21-22-17-18(26)23(14-4-2-3-5-15(14)24(11)17)10-16(25)20-13-8-6-12(19)7-9-13/h2-9H,10H2,1H3,(H,20,25). The lowest BCUT2D eigenvalue weighted by Crippen LogP contribution is -2.29. The van der Waals surface area contributed by atoms with Gasteiger partial charge >= 0.3 is 0 Å². The number of anilines is 1. The lowest BCUT2D eigenvalue weighted by Gasteiger charge is -2.12. The second-order valence-electron chi connectivity index (χ2n) is 5.84. The Kier molecular flexibility index (Phi) is 3.93. The summed E-state index contributed by atoms with van der Waals surface area (Å²) in [4.78, 5) is 25.3. The van der Waals surface area contributed by atoms with Gasteiger partial charge in [0.1, 0.15) is 12.4 Å². The van der Waals surface area contributed by atoms with Gasteiger partial charge in [-0.15, -0.1) is 10.2 Å². The molecule has 0 radical (unpaired) electrons. The first-order chi connectivity index (χ1) is 12.5. The number of para-hydroxylation sites is 2. The molecule has 0 atom stereocenters. The van der Waals surface area contributed by atoms with E-state index in [1.807, 2.05) is 18.2 Å². The second-order valence-corrected chi connectivity index (χ2v) is 6.28. The first-order valence-corrected chi connectivity index (χ1v) is 8.31. The first kappa shape index (κ1) is 16.3. The smallest absolute Gasteiger partial charge is 0.297 e. The highest BCUT2D eigenvalue weighted by molar-refractivity contribution is 6.30. The Morgan fingerprint density at radius 2 is 1.77 bits per heavy atom. The summed E-state index contributed by atoms with van der Waals surface area (Å²) in [5.41, 5.74) is 1.84. The number of halogens is 1. The van der Waals surface area contributed by atoms with Gasteiger partial charge in [-0.2, -0.15) is 0 Å². The van der Waals surface area contributed by atoms with Gasteiger partial charge in [-0.1, -0.05) is 23.7 Å². The van der Waals surface area contributed by atoms with E-state index in [-0.39, 0.29) is 23.7 Å². The number of hydrogen-bond donors (Lipinski definition) is 1.